The number of hydrogen-bond donors (Lipinski definition) is 0. The van der Waals surface area contributed by atoms with E-state index in [0.29, 0.717) is 52.7 Å². The lowest BCUT2D eigenvalue weighted by Crippen LogP contribution is -2.13. The first-order valence-electron chi connectivity index (χ1n) is 9.75. The van der Waals surface area contributed by atoms with Gasteiger partial charge in [0, 0.05) is 6.42 Å². The van der Waals surface area contributed by atoms with Gasteiger partial charge in [-0.25, -0.2) is 0 Å². The molecule has 0 saturated carbocycles. The van der Waals surface area contributed by atoms with Gasteiger partial charge < -0.3 is 18.9 Å². The van der Waals surface area contributed by atoms with Gasteiger partial charge >= 0.3 is 5.97 Å². The van der Waals surface area contributed by atoms with E-state index in [9.17, 15) is 4.79 Å². The maximum Gasteiger partial charge on any atom is 0.305 e. The van der Waals surface area contributed by atoms with E-state index in [4.69, 9.17) is 18.9 Å². The van der Waals surface area contributed by atoms with Crippen LogP contribution in [0.15, 0.2) is 30.3 Å². The molecule has 0 N–H and O–H groups in total. The molecule has 1 rings (SSSR count). The molecular weight excluding hydrogens is 332 g/mol. The summed E-state index contributed by atoms with van der Waals surface area (Å²) in [6.45, 7) is 5.62. The third-order valence-electron chi connectivity index (χ3n) is 3.83. The molecule has 1 aromatic rings. The molecule has 0 heterocycles. The molecular formula is C21H34O5. The van der Waals surface area contributed by atoms with Crippen molar-refractivity contribution in [1.82, 2.24) is 0 Å². The van der Waals surface area contributed by atoms with Crippen molar-refractivity contribution in [3.63, 3.8) is 0 Å². The first kappa shape index (κ1) is 22.6. The van der Waals surface area contributed by atoms with Crippen molar-refractivity contribution >= 4 is 5.97 Å². The lowest BCUT2D eigenvalue weighted by molar-refractivity contribution is -0.145. The standard InChI is InChI=1S/C21H34O5/c1-2-3-4-5-9-12-21(22)26-18-17-24-14-13-23-15-16-25-19-20-10-7-6-8-11-20/h6-8,10-11H,2-5,9,12-19H2,1H3. The van der Waals surface area contributed by atoms with Crippen LogP contribution in [0.2, 0.25) is 0 Å². The van der Waals surface area contributed by atoms with Gasteiger partial charge in [0.15, 0.2) is 0 Å². The van der Waals surface area contributed by atoms with Gasteiger partial charge in [0.2, 0.25) is 0 Å². The van der Waals surface area contributed by atoms with Crippen LogP contribution >= 0.6 is 0 Å². The normalized spacial score (nSPS) is 10.8. The molecule has 26 heavy (non-hydrogen) atoms. The summed E-state index contributed by atoms with van der Waals surface area (Å²) in [6, 6.07) is 10.1. The topological polar surface area (TPSA) is 54.0 Å². The fraction of sp³-hybridized carbons (Fsp3) is 0.667. The van der Waals surface area contributed by atoms with E-state index in [1.807, 2.05) is 30.3 Å². The van der Waals surface area contributed by atoms with Crippen LogP contribution in [0.4, 0.5) is 0 Å². The average Bonchev–Trinajstić information content (AvgIpc) is 2.66. The summed E-state index contributed by atoms with van der Waals surface area (Å²) in [7, 11) is 0. The Hall–Kier alpha value is -1.43. The van der Waals surface area contributed by atoms with Gasteiger partial charge in [-0.3, -0.25) is 4.79 Å². The molecule has 148 valence electrons. The maximum absolute atomic E-state index is 11.5. The molecule has 0 fully saturated rings. The van der Waals surface area contributed by atoms with E-state index >= 15 is 0 Å². The summed E-state index contributed by atoms with van der Waals surface area (Å²) in [6.07, 6.45) is 6.18. The monoisotopic (exact) mass is 366 g/mol. The van der Waals surface area contributed by atoms with Gasteiger partial charge in [-0.1, -0.05) is 62.9 Å². The summed E-state index contributed by atoms with van der Waals surface area (Å²) < 4.78 is 21.4. The highest BCUT2D eigenvalue weighted by molar-refractivity contribution is 5.69. The number of hydrogen-bond acceptors (Lipinski definition) is 5. The van der Waals surface area contributed by atoms with Crippen LogP contribution in [-0.4, -0.2) is 45.6 Å². The van der Waals surface area contributed by atoms with Crippen molar-refractivity contribution < 1.29 is 23.7 Å². The molecule has 0 saturated heterocycles. The van der Waals surface area contributed by atoms with Gasteiger partial charge in [-0.15, -0.1) is 0 Å². The van der Waals surface area contributed by atoms with Gasteiger partial charge in [0.25, 0.3) is 0 Å². The molecule has 0 bridgehead atoms. The Kier molecular flexibility index (Phi) is 14.8. The first-order valence-corrected chi connectivity index (χ1v) is 9.75. The summed E-state index contributed by atoms with van der Waals surface area (Å²) >= 11 is 0. The number of unbranched alkanes of at least 4 members (excludes halogenated alkanes) is 4. The molecule has 0 aromatic heterocycles. The van der Waals surface area contributed by atoms with Crippen molar-refractivity contribution in [2.24, 2.45) is 0 Å². The summed E-state index contributed by atoms with van der Waals surface area (Å²) in [5, 5.41) is 0. The van der Waals surface area contributed by atoms with E-state index in [1.165, 1.54) is 19.3 Å². The predicted octanol–water partition coefficient (Wildman–Crippen LogP) is 4.14. The number of benzene rings is 1. The third-order valence-corrected chi connectivity index (χ3v) is 3.83. The van der Waals surface area contributed by atoms with E-state index < -0.39 is 0 Å². The highest BCUT2D eigenvalue weighted by Gasteiger charge is 2.02. The summed E-state index contributed by atoms with van der Waals surface area (Å²) in [4.78, 5) is 11.5. The molecule has 5 heteroatoms. The van der Waals surface area contributed by atoms with Crippen LogP contribution in [0.5, 0.6) is 0 Å². The average molecular weight is 366 g/mol. The van der Waals surface area contributed by atoms with Crippen LogP contribution in [0, 0.1) is 0 Å². The molecule has 1 aromatic carbocycles. The predicted molar refractivity (Wildman–Crippen MR) is 102 cm³/mol. The van der Waals surface area contributed by atoms with Gasteiger partial charge in [0.05, 0.1) is 39.6 Å². The second kappa shape index (κ2) is 17.0. The third kappa shape index (κ3) is 13.8. The lowest BCUT2D eigenvalue weighted by atomic mass is 10.1. The minimum absolute atomic E-state index is 0.128. The fourth-order valence-electron chi connectivity index (χ4n) is 2.36. The molecule has 0 aliphatic carbocycles. The van der Waals surface area contributed by atoms with Crippen molar-refractivity contribution in [3.05, 3.63) is 35.9 Å². The zero-order chi connectivity index (χ0) is 18.7. The molecule has 0 radical (unpaired) electrons. The second-order valence-corrected chi connectivity index (χ2v) is 6.15. The van der Waals surface area contributed by atoms with Gasteiger partial charge in [-0.2, -0.15) is 0 Å². The molecule has 0 amide bonds. The SMILES string of the molecule is CCCCCCCC(=O)OCCOCCOCCOCc1ccccc1. The van der Waals surface area contributed by atoms with Gasteiger partial charge in [-0.05, 0) is 12.0 Å². The number of carbonyl (C=O) groups excluding carboxylic acids is 1. The Balaban J connectivity index is 1.77. The fourth-order valence-corrected chi connectivity index (χ4v) is 2.36. The van der Waals surface area contributed by atoms with Crippen LogP contribution < -0.4 is 0 Å². The Morgan fingerprint density at radius 1 is 0.769 bits per heavy atom. The maximum atomic E-state index is 11.5. The van der Waals surface area contributed by atoms with Crippen LogP contribution in [0.1, 0.15) is 51.0 Å². The Bertz CT molecular complexity index is 435. The number of rotatable bonds is 17. The molecule has 0 aliphatic rings. The Labute approximate surface area is 158 Å². The largest absolute Gasteiger partial charge is 0.463 e. The van der Waals surface area contributed by atoms with Crippen molar-refractivity contribution in [2.75, 3.05) is 39.6 Å². The molecule has 0 spiro atoms. The summed E-state index contributed by atoms with van der Waals surface area (Å²) in [5.74, 6) is -0.128. The smallest absolute Gasteiger partial charge is 0.305 e. The zero-order valence-electron chi connectivity index (χ0n) is 16.1. The Morgan fingerprint density at radius 3 is 2.08 bits per heavy atom. The first-order chi connectivity index (χ1) is 12.8. The van der Waals surface area contributed by atoms with E-state index in [2.05, 4.69) is 6.92 Å². The number of esters is 1. The quantitative estimate of drug-likeness (QED) is 0.306. The molecule has 0 aliphatic heterocycles. The minimum atomic E-state index is -0.128. The van der Waals surface area contributed by atoms with Crippen molar-refractivity contribution in [3.8, 4) is 0 Å². The Morgan fingerprint density at radius 2 is 1.38 bits per heavy atom. The number of carbonyl (C=O) groups is 1. The van der Waals surface area contributed by atoms with E-state index in [1.54, 1.807) is 0 Å². The van der Waals surface area contributed by atoms with E-state index in [-0.39, 0.29) is 5.97 Å². The van der Waals surface area contributed by atoms with Crippen molar-refractivity contribution in [2.45, 2.75) is 52.1 Å². The molecule has 5 nitrogen and oxygen atoms in total. The molecule has 0 unspecified atom stereocenters. The van der Waals surface area contributed by atoms with Gasteiger partial charge in [0.1, 0.15) is 6.61 Å². The summed E-state index contributed by atoms with van der Waals surface area (Å²) in [5.41, 5.74) is 1.16. The number of ether oxygens (including phenoxy) is 4. The van der Waals surface area contributed by atoms with Crippen molar-refractivity contribution in [1.29, 1.82) is 0 Å². The zero-order valence-corrected chi connectivity index (χ0v) is 16.1. The van der Waals surface area contributed by atoms with E-state index in [0.717, 1.165) is 18.4 Å². The lowest BCUT2D eigenvalue weighted by Gasteiger charge is -2.08. The highest BCUT2D eigenvalue weighted by Crippen LogP contribution is 2.05. The van der Waals surface area contributed by atoms with Crippen LogP contribution in [-0.2, 0) is 30.3 Å². The molecule has 0 atom stereocenters. The van der Waals surface area contributed by atoms with Crippen LogP contribution in [0.3, 0.4) is 0 Å². The van der Waals surface area contributed by atoms with Crippen LogP contribution in [0.25, 0.3) is 0 Å². The minimum Gasteiger partial charge on any atom is -0.463 e. The highest BCUT2D eigenvalue weighted by atomic mass is 16.6. The second-order valence-electron chi connectivity index (χ2n) is 6.15.